The van der Waals surface area contributed by atoms with Gasteiger partial charge in [0.05, 0.1) is 25.1 Å². The maximum Gasteiger partial charge on any atom is 0.229 e. The summed E-state index contributed by atoms with van der Waals surface area (Å²) in [5.41, 5.74) is 0.690. The molecule has 1 saturated carbocycles. The van der Waals surface area contributed by atoms with Crippen LogP contribution in [0.3, 0.4) is 0 Å². The number of rotatable bonds is 4. The largest absolute Gasteiger partial charge is 0.342 e. The molecule has 1 spiro atoms. The van der Waals surface area contributed by atoms with Gasteiger partial charge >= 0.3 is 0 Å². The van der Waals surface area contributed by atoms with Crippen LogP contribution in [-0.2, 0) is 24.8 Å². The standard InChI is InChI=1S/C20H24ClNO4/c21-12-16-13-25-20(26-16,15-6-2-1-3-7-15)14-22-17(23)10-19(11-18(22)24)8-4-5-9-19/h1-3,6-7,16H,4-5,8-14H2/t16-,20-/m1/s1. The van der Waals surface area contributed by atoms with Crippen LogP contribution in [0.1, 0.15) is 44.1 Å². The Labute approximate surface area is 158 Å². The first-order valence-electron chi connectivity index (χ1n) is 9.32. The predicted octanol–water partition coefficient (Wildman–Crippen LogP) is 3.20. The van der Waals surface area contributed by atoms with Crippen LogP contribution >= 0.6 is 11.6 Å². The maximum atomic E-state index is 12.8. The molecule has 0 radical (unpaired) electrons. The van der Waals surface area contributed by atoms with E-state index in [2.05, 4.69) is 0 Å². The third-order valence-corrected chi connectivity index (χ3v) is 6.27. The predicted molar refractivity (Wildman–Crippen MR) is 96.5 cm³/mol. The molecule has 1 aromatic rings. The Morgan fingerprint density at radius 1 is 1.08 bits per heavy atom. The Hall–Kier alpha value is -1.43. The summed E-state index contributed by atoms with van der Waals surface area (Å²) in [5, 5.41) is 0. The molecule has 140 valence electrons. The van der Waals surface area contributed by atoms with Gasteiger partial charge in [0, 0.05) is 18.4 Å². The third kappa shape index (κ3) is 3.17. The minimum Gasteiger partial charge on any atom is -0.342 e. The third-order valence-electron chi connectivity index (χ3n) is 5.93. The molecule has 26 heavy (non-hydrogen) atoms. The number of carbonyl (C=O) groups is 2. The number of likely N-dealkylation sites (tertiary alicyclic amines) is 1. The van der Waals surface area contributed by atoms with E-state index in [-0.39, 0.29) is 29.9 Å². The SMILES string of the molecule is O=C1CC2(CCCC2)CC(=O)N1C[C@@]1(c2ccccc2)OC[C@@H](CCl)O1. The first kappa shape index (κ1) is 18.0. The highest BCUT2D eigenvalue weighted by Crippen LogP contribution is 2.47. The second-order valence-corrected chi connectivity index (χ2v) is 8.07. The van der Waals surface area contributed by atoms with Crippen molar-refractivity contribution >= 4 is 23.4 Å². The molecule has 2 amide bonds. The summed E-state index contributed by atoms with van der Waals surface area (Å²) < 4.78 is 12.1. The van der Waals surface area contributed by atoms with Crippen molar-refractivity contribution in [2.24, 2.45) is 5.41 Å². The van der Waals surface area contributed by atoms with E-state index in [1.165, 1.54) is 4.90 Å². The van der Waals surface area contributed by atoms with Gasteiger partial charge in [-0.05, 0) is 18.3 Å². The number of alkyl halides is 1. The second-order valence-electron chi connectivity index (χ2n) is 7.76. The van der Waals surface area contributed by atoms with Crippen molar-refractivity contribution in [1.29, 1.82) is 0 Å². The Morgan fingerprint density at radius 2 is 1.73 bits per heavy atom. The first-order chi connectivity index (χ1) is 12.6. The summed E-state index contributed by atoms with van der Waals surface area (Å²) in [5.74, 6) is -1.05. The minimum absolute atomic E-state index is 0.0815. The Morgan fingerprint density at radius 3 is 2.31 bits per heavy atom. The van der Waals surface area contributed by atoms with Gasteiger partial charge in [-0.1, -0.05) is 43.2 Å². The van der Waals surface area contributed by atoms with Crippen LogP contribution < -0.4 is 0 Å². The number of hydrogen-bond acceptors (Lipinski definition) is 4. The number of hydrogen-bond donors (Lipinski definition) is 0. The molecular weight excluding hydrogens is 354 g/mol. The molecule has 2 saturated heterocycles. The highest BCUT2D eigenvalue weighted by Gasteiger charge is 2.50. The number of carbonyl (C=O) groups excluding carboxylic acids is 2. The van der Waals surface area contributed by atoms with E-state index in [1.807, 2.05) is 30.3 Å². The van der Waals surface area contributed by atoms with Crippen molar-refractivity contribution in [3.63, 3.8) is 0 Å². The Bertz CT molecular complexity index is 668. The van der Waals surface area contributed by atoms with E-state index >= 15 is 0 Å². The van der Waals surface area contributed by atoms with Crippen molar-refractivity contribution in [3.05, 3.63) is 35.9 Å². The van der Waals surface area contributed by atoms with Crippen LogP contribution in [0.5, 0.6) is 0 Å². The van der Waals surface area contributed by atoms with Crippen molar-refractivity contribution in [2.75, 3.05) is 19.0 Å². The lowest BCUT2D eigenvalue weighted by atomic mass is 9.76. The summed E-state index contributed by atoms with van der Waals surface area (Å²) >= 11 is 5.95. The number of piperidine rings is 1. The molecular formula is C20H24ClNO4. The van der Waals surface area contributed by atoms with Gasteiger partial charge in [0.2, 0.25) is 17.6 Å². The summed E-state index contributed by atoms with van der Waals surface area (Å²) in [6, 6.07) is 9.49. The summed E-state index contributed by atoms with van der Waals surface area (Å²) in [6.45, 7) is 0.427. The smallest absolute Gasteiger partial charge is 0.229 e. The van der Waals surface area contributed by atoms with Crippen LogP contribution in [0.2, 0.25) is 0 Å². The summed E-state index contributed by atoms with van der Waals surface area (Å²) in [4.78, 5) is 27.0. The molecule has 0 unspecified atom stereocenters. The molecule has 2 heterocycles. The van der Waals surface area contributed by atoms with E-state index in [0.717, 1.165) is 31.2 Å². The average Bonchev–Trinajstić information content (AvgIpc) is 3.27. The molecule has 0 N–H and O–H groups in total. The molecule has 3 fully saturated rings. The van der Waals surface area contributed by atoms with Gasteiger partial charge in [-0.2, -0.15) is 0 Å². The van der Waals surface area contributed by atoms with Crippen LogP contribution in [0.4, 0.5) is 0 Å². The monoisotopic (exact) mass is 377 g/mol. The second kappa shape index (κ2) is 6.95. The van der Waals surface area contributed by atoms with Gasteiger partial charge < -0.3 is 9.47 Å². The van der Waals surface area contributed by atoms with E-state index < -0.39 is 5.79 Å². The normalized spacial score (nSPS) is 31.1. The van der Waals surface area contributed by atoms with Crippen molar-refractivity contribution in [2.45, 2.75) is 50.4 Å². The number of benzene rings is 1. The van der Waals surface area contributed by atoms with Crippen LogP contribution in [0, 0.1) is 5.41 Å². The van der Waals surface area contributed by atoms with Crippen molar-refractivity contribution in [3.8, 4) is 0 Å². The molecule has 1 aliphatic carbocycles. The zero-order chi connectivity index (χ0) is 18.2. The molecule has 2 atom stereocenters. The molecule has 4 rings (SSSR count). The number of amides is 2. The molecule has 1 aromatic carbocycles. The summed E-state index contributed by atoms with van der Waals surface area (Å²) in [6.07, 6.45) is 4.81. The Balaban J connectivity index is 1.58. The minimum atomic E-state index is -1.13. The molecule has 0 bridgehead atoms. The maximum absolute atomic E-state index is 12.8. The van der Waals surface area contributed by atoms with Gasteiger partial charge in [0.1, 0.15) is 0 Å². The van der Waals surface area contributed by atoms with Gasteiger partial charge in [0.15, 0.2) is 0 Å². The molecule has 3 aliphatic rings. The number of nitrogens with zero attached hydrogens (tertiary/aromatic N) is 1. The molecule has 0 aromatic heterocycles. The lowest BCUT2D eigenvalue weighted by Crippen LogP contribution is -2.53. The molecule has 2 aliphatic heterocycles. The fraction of sp³-hybridized carbons (Fsp3) is 0.600. The van der Waals surface area contributed by atoms with Crippen molar-refractivity contribution < 1.29 is 19.1 Å². The molecule has 6 heteroatoms. The van der Waals surface area contributed by atoms with Gasteiger partial charge in [-0.25, -0.2) is 0 Å². The Kier molecular flexibility index (Phi) is 4.80. The zero-order valence-corrected chi connectivity index (χ0v) is 15.5. The summed E-state index contributed by atoms with van der Waals surface area (Å²) in [7, 11) is 0. The van der Waals surface area contributed by atoms with Gasteiger partial charge in [-0.15, -0.1) is 11.6 Å². The number of ether oxygens (including phenoxy) is 2. The van der Waals surface area contributed by atoms with E-state index in [9.17, 15) is 9.59 Å². The van der Waals surface area contributed by atoms with Gasteiger partial charge in [0.25, 0.3) is 0 Å². The van der Waals surface area contributed by atoms with E-state index in [1.54, 1.807) is 0 Å². The highest BCUT2D eigenvalue weighted by atomic mass is 35.5. The lowest BCUT2D eigenvalue weighted by molar-refractivity contribution is -0.197. The molecule has 5 nitrogen and oxygen atoms in total. The fourth-order valence-corrected chi connectivity index (χ4v) is 4.71. The average molecular weight is 378 g/mol. The first-order valence-corrected chi connectivity index (χ1v) is 9.86. The number of imide groups is 1. The van der Waals surface area contributed by atoms with Crippen molar-refractivity contribution in [1.82, 2.24) is 4.90 Å². The van der Waals surface area contributed by atoms with Crippen LogP contribution in [0.15, 0.2) is 30.3 Å². The van der Waals surface area contributed by atoms with Gasteiger partial charge in [-0.3, -0.25) is 14.5 Å². The fourth-order valence-electron chi connectivity index (χ4n) is 4.56. The van der Waals surface area contributed by atoms with E-state index in [4.69, 9.17) is 21.1 Å². The highest BCUT2D eigenvalue weighted by molar-refractivity contribution is 6.18. The number of halogens is 1. The quantitative estimate of drug-likeness (QED) is 0.597. The lowest BCUT2D eigenvalue weighted by Gasteiger charge is -2.40. The zero-order valence-electron chi connectivity index (χ0n) is 14.8. The van der Waals surface area contributed by atoms with E-state index in [0.29, 0.717) is 25.3 Å². The van der Waals surface area contributed by atoms with Crippen LogP contribution in [-0.4, -0.2) is 41.8 Å². The topological polar surface area (TPSA) is 55.8 Å². The van der Waals surface area contributed by atoms with Crippen LogP contribution in [0.25, 0.3) is 0 Å².